The second-order valence-electron chi connectivity index (χ2n) is 7.73. The number of nitrogens with zero attached hydrogens (tertiary/aromatic N) is 2. The van der Waals surface area contributed by atoms with E-state index in [1.807, 2.05) is 30.3 Å². The molecule has 3 aromatic carbocycles. The number of nitrogens with one attached hydrogen (secondary N) is 1. The van der Waals surface area contributed by atoms with Gasteiger partial charge in [0.1, 0.15) is 11.1 Å². The number of para-hydroxylation sites is 1. The molecular weight excluding hydrogens is 529 g/mol. The highest BCUT2D eigenvalue weighted by molar-refractivity contribution is 8.00. The van der Waals surface area contributed by atoms with Crippen LogP contribution in [0.2, 0.25) is 10.0 Å². The van der Waals surface area contributed by atoms with Crippen molar-refractivity contribution in [2.75, 3.05) is 18.2 Å². The first kappa shape index (κ1) is 26.2. The fourth-order valence-electron chi connectivity index (χ4n) is 3.56. The Morgan fingerprint density at radius 2 is 1.59 bits per heavy atom. The van der Waals surface area contributed by atoms with Gasteiger partial charge in [-0.1, -0.05) is 71.4 Å². The van der Waals surface area contributed by atoms with Gasteiger partial charge in [0.15, 0.2) is 0 Å². The molecule has 0 radical (unpaired) electrons. The number of halogens is 2. The third kappa shape index (κ3) is 6.30. The monoisotopic (exact) mass is 547 g/mol. The van der Waals surface area contributed by atoms with Crippen LogP contribution in [0.3, 0.4) is 0 Å². The summed E-state index contributed by atoms with van der Waals surface area (Å²) in [6.07, 6.45) is 0. The number of esters is 1. The number of thioether (sulfide) groups is 1. The van der Waals surface area contributed by atoms with Crippen molar-refractivity contribution in [1.82, 2.24) is 4.98 Å². The second kappa shape index (κ2) is 11.9. The lowest BCUT2D eigenvalue weighted by molar-refractivity contribution is -0.113. The predicted molar refractivity (Wildman–Crippen MR) is 147 cm³/mol. The summed E-state index contributed by atoms with van der Waals surface area (Å²) in [6, 6.07) is 25.0. The van der Waals surface area contributed by atoms with Crippen molar-refractivity contribution in [2.45, 2.75) is 5.03 Å². The Kier molecular flexibility index (Phi) is 8.47. The van der Waals surface area contributed by atoms with Crippen LogP contribution in [0.25, 0.3) is 22.4 Å². The molecule has 0 aliphatic heterocycles. The lowest BCUT2D eigenvalue weighted by Crippen LogP contribution is -2.17. The lowest BCUT2D eigenvalue weighted by atomic mass is 9.99. The average molecular weight is 548 g/mol. The van der Waals surface area contributed by atoms with Crippen LogP contribution in [0.4, 0.5) is 5.69 Å². The Balaban J connectivity index is 1.67. The van der Waals surface area contributed by atoms with Crippen molar-refractivity contribution in [3.63, 3.8) is 0 Å². The summed E-state index contributed by atoms with van der Waals surface area (Å²) in [5.41, 5.74) is 3.81. The van der Waals surface area contributed by atoms with Crippen LogP contribution in [0.5, 0.6) is 0 Å². The molecular formula is C28H19Cl2N3O3S. The number of anilines is 1. The van der Waals surface area contributed by atoms with Crippen LogP contribution < -0.4 is 5.32 Å². The van der Waals surface area contributed by atoms with E-state index in [1.165, 1.54) is 7.11 Å². The fraction of sp³-hybridized carbons (Fsp3) is 0.0714. The highest BCUT2D eigenvalue weighted by Gasteiger charge is 2.18. The molecule has 4 rings (SSSR count). The second-order valence-corrected chi connectivity index (χ2v) is 9.57. The number of methoxy groups -OCH3 is 1. The zero-order valence-corrected chi connectivity index (χ0v) is 21.8. The van der Waals surface area contributed by atoms with Gasteiger partial charge in [-0.2, -0.15) is 5.26 Å². The van der Waals surface area contributed by atoms with E-state index in [0.717, 1.165) is 22.9 Å². The van der Waals surface area contributed by atoms with Crippen LogP contribution in [0.15, 0.2) is 83.9 Å². The minimum atomic E-state index is -0.555. The summed E-state index contributed by atoms with van der Waals surface area (Å²) >= 11 is 13.3. The summed E-state index contributed by atoms with van der Waals surface area (Å²) in [4.78, 5) is 29.5. The Morgan fingerprint density at radius 3 is 2.22 bits per heavy atom. The number of pyridine rings is 1. The van der Waals surface area contributed by atoms with Gasteiger partial charge < -0.3 is 10.1 Å². The van der Waals surface area contributed by atoms with E-state index in [2.05, 4.69) is 11.4 Å². The van der Waals surface area contributed by atoms with Gasteiger partial charge in [0.05, 0.1) is 35.4 Å². The SMILES string of the molecule is COC(=O)c1ccccc1NC(=O)CSc1nc(-c2ccc(Cl)cc2)cc(-c2ccc(Cl)cc2)c1C#N. The third-order valence-electron chi connectivity index (χ3n) is 5.34. The van der Waals surface area contributed by atoms with Crippen molar-refractivity contribution in [2.24, 2.45) is 0 Å². The zero-order valence-electron chi connectivity index (χ0n) is 19.5. The van der Waals surface area contributed by atoms with Gasteiger partial charge in [-0.25, -0.2) is 9.78 Å². The molecule has 9 heteroatoms. The van der Waals surface area contributed by atoms with Gasteiger partial charge in [0.25, 0.3) is 0 Å². The molecule has 0 aliphatic rings. The molecule has 6 nitrogen and oxygen atoms in total. The standard InChI is InChI=1S/C28H19Cl2N3O3S/c1-36-28(35)21-4-2-3-5-24(21)32-26(34)16-37-27-23(15-31)22(17-6-10-19(29)11-7-17)14-25(33-27)18-8-12-20(30)13-9-18/h2-14H,16H2,1H3,(H,32,34). The molecule has 0 saturated carbocycles. The smallest absolute Gasteiger partial charge is 0.339 e. The molecule has 1 N–H and O–H groups in total. The van der Waals surface area contributed by atoms with Crippen molar-refractivity contribution in [3.05, 3.63) is 100 Å². The normalized spacial score (nSPS) is 10.4. The van der Waals surface area contributed by atoms with Gasteiger partial charge in [0.2, 0.25) is 5.91 Å². The van der Waals surface area contributed by atoms with E-state index in [9.17, 15) is 14.9 Å². The summed E-state index contributed by atoms with van der Waals surface area (Å²) in [5, 5.41) is 14.3. The maximum absolute atomic E-state index is 12.8. The summed E-state index contributed by atoms with van der Waals surface area (Å²) < 4.78 is 4.79. The average Bonchev–Trinajstić information content (AvgIpc) is 2.92. The fourth-order valence-corrected chi connectivity index (χ4v) is 4.61. The number of nitriles is 1. The summed E-state index contributed by atoms with van der Waals surface area (Å²) in [7, 11) is 1.28. The van der Waals surface area contributed by atoms with Crippen LogP contribution >= 0.6 is 35.0 Å². The third-order valence-corrected chi connectivity index (χ3v) is 6.82. The van der Waals surface area contributed by atoms with E-state index < -0.39 is 5.97 Å². The zero-order chi connectivity index (χ0) is 26.4. The first-order valence-electron chi connectivity index (χ1n) is 11.0. The van der Waals surface area contributed by atoms with E-state index in [0.29, 0.717) is 37.6 Å². The van der Waals surface area contributed by atoms with E-state index in [4.69, 9.17) is 32.9 Å². The molecule has 1 amide bonds. The van der Waals surface area contributed by atoms with Gasteiger partial charge in [-0.15, -0.1) is 0 Å². The van der Waals surface area contributed by atoms with Crippen molar-refractivity contribution < 1.29 is 14.3 Å². The number of rotatable bonds is 7. The molecule has 1 aromatic heterocycles. The molecule has 0 spiro atoms. The lowest BCUT2D eigenvalue weighted by Gasteiger charge is -2.13. The van der Waals surface area contributed by atoms with Crippen molar-refractivity contribution in [3.8, 4) is 28.5 Å². The molecule has 0 fully saturated rings. The molecule has 1 heterocycles. The Labute approximate surface area is 228 Å². The van der Waals surface area contributed by atoms with Gasteiger partial charge >= 0.3 is 5.97 Å². The predicted octanol–water partition coefficient (Wildman–Crippen LogP) is 7.11. The van der Waals surface area contributed by atoms with E-state index in [1.54, 1.807) is 48.5 Å². The molecule has 0 aliphatic carbocycles. The van der Waals surface area contributed by atoms with E-state index in [-0.39, 0.29) is 17.2 Å². The molecule has 0 bridgehead atoms. The van der Waals surface area contributed by atoms with Crippen molar-refractivity contribution in [1.29, 1.82) is 5.26 Å². The largest absolute Gasteiger partial charge is 0.465 e. The van der Waals surface area contributed by atoms with Crippen LogP contribution in [0.1, 0.15) is 15.9 Å². The number of hydrogen-bond donors (Lipinski definition) is 1. The van der Waals surface area contributed by atoms with E-state index >= 15 is 0 Å². The minimum absolute atomic E-state index is 0.0404. The van der Waals surface area contributed by atoms with Gasteiger partial charge in [-0.05, 0) is 48.0 Å². The highest BCUT2D eigenvalue weighted by Crippen LogP contribution is 2.35. The quantitative estimate of drug-likeness (QED) is 0.196. The number of benzene rings is 3. The summed E-state index contributed by atoms with van der Waals surface area (Å²) in [6.45, 7) is 0. The van der Waals surface area contributed by atoms with Gasteiger partial charge in [0, 0.05) is 21.2 Å². The molecule has 0 unspecified atom stereocenters. The maximum atomic E-state index is 12.8. The first-order valence-corrected chi connectivity index (χ1v) is 12.7. The van der Waals surface area contributed by atoms with Crippen molar-refractivity contribution >= 4 is 52.5 Å². The summed E-state index contributed by atoms with van der Waals surface area (Å²) in [5.74, 6) is -0.960. The Bertz CT molecular complexity index is 1500. The minimum Gasteiger partial charge on any atom is -0.465 e. The molecule has 4 aromatic rings. The number of carbonyl (C=O) groups is 2. The molecule has 0 saturated heterocycles. The molecule has 37 heavy (non-hydrogen) atoms. The highest BCUT2D eigenvalue weighted by atomic mass is 35.5. The van der Waals surface area contributed by atoms with Crippen LogP contribution in [0, 0.1) is 11.3 Å². The Morgan fingerprint density at radius 1 is 0.973 bits per heavy atom. The number of carbonyl (C=O) groups excluding carboxylic acids is 2. The number of amides is 1. The maximum Gasteiger partial charge on any atom is 0.339 e. The number of hydrogen-bond acceptors (Lipinski definition) is 6. The Hall–Kier alpha value is -3.83. The number of ether oxygens (including phenoxy) is 1. The molecule has 0 atom stereocenters. The van der Waals surface area contributed by atoms with Gasteiger partial charge in [-0.3, -0.25) is 4.79 Å². The van der Waals surface area contributed by atoms with Crippen LogP contribution in [-0.2, 0) is 9.53 Å². The topological polar surface area (TPSA) is 92.1 Å². The number of aromatic nitrogens is 1. The first-order chi connectivity index (χ1) is 17.9. The van der Waals surface area contributed by atoms with Crippen LogP contribution in [-0.4, -0.2) is 29.7 Å². The molecule has 184 valence electrons.